The fourth-order valence-corrected chi connectivity index (χ4v) is 3.77. The molecule has 0 unspecified atom stereocenters. The van der Waals surface area contributed by atoms with Crippen molar-refractivity contribution in [1.82, 2.24) is 15.6 Å². The predicted octanol–water partition coefficient (Wildman–Crippen LogP) is 3.59. The Morgan fingerprint density at radius 3 is 2.71 bits per heavy atom. The topological polar surface area (TPSA) is 54.0 Å². The zero-order chi connectivity index (χ0) is 14.5. The maximum atomic E-state index is 12.1. The van der Waals surface area contributed by atoms with Crippen molar-refractivity contribution < 1.29 is 4.79 Å². The van der Waals surface area contributed by atoms with Gasteiger partial charge in [-0.05, 0) is 39.1 Å². The highest BCUT2D eigenvalue weighted by Gasteiger charge is 2.16. The zero-order valence-electron chi connectivity index (χ0n) is 11.7. The molecule has 0 fully saturated rings. The van der Waals surface area contributed by atoms with Gasteiger partial charge in [0.2, 0.25) is 0 Å². The van der Waals surface area contributed by atoms with E-state index in [9.17, 15) is 4.79 Å². The third-order valence-corrected chi connectivity index (χ3v) is 5.23. The first-order valence-corrected chi connectivity index (χ1v) is 8.29. The summed E-state index contributed by atoms with van der Waals surface area (Å²) in [6.07, 6.45) is 0.910. The standard InChI is InChI=1S/C13H16ClN3OS2.ClH/c1-8-11(12(18)16-7-3-6-15-2)20-13(17-8)9-4-5-10(14)19-9;/h4-5,15H,3,6-7H2,1-2H3,(H,16,18);1H. The van der Waals surface area contributed by atoms with Crippen LogP contribution in [-0.4, -0.2) is 31.0 Å². The Morgan fingerprint density at radius 1 is 1.33 bits per heavy atom. The van der Waals surface area contributed by atoms with E-state index in [1.165, 1.54) is 22.7 Å². The Hall–Kier alpha value is -0.660. The minimum Gasteiger partial charge on any atom is -0.351 e. The number of carbonyl (C=O) groups excluding carboxylic acids is 1. The Kier molecular flexibility index (Phi) is 7.62. The number of nitrogens with zero attached hydrogens (tertiary/aromatic N) is 1. The fraction of sp³-hybridized carbons (Fsp3) is 0.385. The predicted molar refractivity (Wildman–Crippen MR) is 93.3 cm³/mol. The van der Waals surface area contributed by atoms with E-state index in [-0.39, 0.29) is 18.3 Å². The summed E-state index contributed by atoms with van der Waals surface area (Å²) < 4.78 is 0.728. The molecule has 116 valence electrons. The van der Waals surface area contributed by atoms with Gasteiger partial charge in [0, 0.05) is 6.54 Å². The van der Waals surface area contributed by atoms with Crippen molar-refractivity contribution >= 4 is 52.6 Å². The number of halogens is 2. The van der Waals surface area contributed by atoms with Gasteiger partial charge in [-0.1, -0.05) is 11.6 Å². The maximum absolute atomic E-state index is 12.1. The van der Waals surface area contributed by atoms with Gasteiger partial charge in [0.25, 0.3) is 5.91 Å². The van der Waals surface area contributed by atoms with Gasteiger partial charge in [-0.2, -0.15) is 0 Å². The van der Waals surface area contributed by atoms with E-state index in [1.807, 2.05) is 26.1 Å². The lowest BCUT2D eigenvalue weighted by atomic mass is 10.3. The van der Waals surface area contributed by atoms with Crippen LogP contribution in [-0.2, 0) is 0 Å². The highest BCUT2D eigenvalue weighted by atomic mass is 35.5. The molecule has 8 heteroatoms. The second-order valence-electron chi connectivity index (χ2n) is 4.25. The number of thiophene rings is 1. The molecule has 0 saturated carbocycles. The van der Waals surface area contributed by atoms with E-state index in [1.54, 1.807) is 0 Å². The fourth-order valence-electron chi connectivity index (χ4n) is 1.69. The van der Waals surface area contributed by atoms with Crippen molar-refractivity contribution in [3.63, 3.8) is 0 Å². The van der Waals surface area contributed by atoms with Crippen molar-refractivity contribution in [2.45, 2.75) is 13.3 Å². The van der Waals surface area contributed by atoms with Gasteiger partial charge in [-0.3, -0.25) is 4.79 Å². The van der Waals surface area contributed by atoms with Crippen molar-refractivity contribution in [1.29, 1.82) is 0 Å². The number of aromatic nitrogens is 1. The summed E-state index contributed by atoms with van der Waals surface area (Å²) in [5.41, 5.74) is 0.764. The first-order chi connectivity index (χ1) is 9.61. The molecule has 0 bridgehead atoms. The van der Waals surface area contributed by atoms with Crippen LogP contribution in [0, 0.1) is 6.92 Å². The van der Waals surface area contributed by atoms with E-state index in [2.05, 4.69) is 15.6 Å². The van der Waals surface area contributed by atoms with E-state index in [4.69, 9.17) is 11.6 Å². The molecule has 0 saturated heterocycles. The summed E-state index contributed by atoms with van der Waals surface area (Å²) in [5.74, 6) is -0.0509. The minimum atomic E-state index is -0.0509. The average molecular weight is 366 g/mol. The lowest BCUT2D eigenvalue weighted by Crippen LogP contribution is -2.26. The van der Waals surface area contributed by atoms with Gasteiger partial charge in [0.05, 0.1) is 14.9 Å². The van der Waals surface area contributed by atoms with Crippen LogP contribution in [0.1, 0.15) is 21.8 Å². The Balaban J connectivity index is 0.00000220. The quantitative estimate of drug-likeness (QED) is 0.769. The zero-order valence-corrected chi connectivity index (χ0v) is 14.9. The molecule has 1 amide bonds. The van der Waals surface area contributed by atoms with E-state index < -0.39 is 0 Å². The maximum Gasteiger partial charge on any atom is 0.263 e. The van der Waals surface area contributed by atoms with Gasteiger partial charge in [0.1, 0.15) is 9.88 Å². The molecule has 0 spiro atoms. The third-order valence-electron chi connectivity index (χ3n) is 2.68. The van der Waals surface area contributed by atoms with Crippen molar-refractivity contribution in [3.8, 4) is 9.88 Å². The second-order valence-corrected chi connectivity index (χ2v) is 6.96. The molecule has 0 aromatic carbocycles. The Morgan fingerprint density at radius 2 is 2.10 bits per heavy atom. The molecule has 4 nitrogen and oxygen atoms in total. The van der Waals surface area contributed by atoms with E-state index in [0.717, 1.165) is 32.9 Å². The van der Waals surface area contributed by atoms with Crippen LogP contribution in [0.25, 0.3) is 9.88 Å². The summed E-state index contributed by atoms with van der Waals surface area (Å²) >= 11 is 8.81. The number of nitrogens with one attached hydrogen (secondary N) is 2. The normalized spacial score (nSPS) is 10.2. The van der Waals surface area contributed by atoms with Crippen LogP contribution >= 0.6 is 46.7 Å². The van der Waals surface area contributed by atoms with Crippen molar-refractivity contribution in [2.24, 2.45) is 0 Å². The smallest absolute Gasteiger partial charge is 0.263 e. The summed E-state index contributed by atoms with van der Waals surface area (Å²) in [6.45, 7) is 3.41. The van der Waals surface area contributed by atoms with Crippen LogP contribution in [0.4, 0.5) is 0 Å². The second kappa shape index (κ2) is 8.70. The number of thiazole rings is 1. The molecule has 0 aliphatic carbocycles. The number of rotatable bonds is 6. The molecular weight excluding hydrogens is 349 g/mol. The van der Waals surface area contributed by atoms with Crippen LogP contribution in [0.2, 0.25) is 4.34 Å². The molecule has 2 aromatic heterocycles. The molecule has 0 aliphatic heterocycles. The SMILES string of the molecule is CNCCCNC(=O)c1sc(-c2ccc(Cl)s2)nc1C.Cl. The molecule has 2 N–H and O–H groups in total. The molecule has 21 heavy (non-hydrogen) atoms. The lowest BCUT2D eigenvalue weighted by molar-refractivity contribution is 0.0956. The van der Waals surface area contributed by atoms with Gasteiger partial charge < -0.3 is 10.6 Å². The minimum absolute atomic E-state index is 0. The number of aryl methyl sites for hydroxylation is 1. The molecular formula is C13H17Cl2N3OS2. The highest BCUT2D eigenvalue weighted by molar-refractivity contribution is 7.24. The van der Waals surface area contributed by atoms with E-state index in [0.29, 0.717) is 11.4 Å². The number of amides is 1. The van der Waals surface area contributed by atoms with E-state index >= 15 is 0 Å². The third kappa shape index (κ3) is 4.93. The molecule has 0 aliphatic rings. The molecule has 2 aromatic rings. The first-order valence-electron chi connectivity index (χ1n) is 6.27. The van der Waals surface area contributed by atoms with Crippen LogP contribution < -0.4 is 10.6 Å². The van der Waals surface area contributed by atoms with Crippen LogP contribution in [0.3, 0.4) is 0 Å². The largest absolute Gasteiger partial charge is 0.351 e. The number of carbonyl (C=O) groups is 1. The summed E-state index contributed by atoms with van der Waals surface area (Å²) in [5, 5.41) is 6.81. The lowest BCUT2D eigenvalue weighted by Gasteiger charge is -2.03. The first kappa shape index (κ1) is 18.4. The molecule has 0 radical (unpaired) electrons. The number of hydrogen-bond donors (Lipinski definition) is 2. The van der Waals surface area contributed by atoms with Crippen LogP contribution in [0.5, 0.6) is 0 Å². The Labute approximate surface area is 143 Å². The van der Waals surface area contributed by atoms with Gasteiger partial charge in [0.15, 0.2) is 0 Å². The van der Waals surface area contributed by atoms with Crippen molar-refractivity contribution in [2.75, 3.05) is 20.1 Å². The van der Waals surface area contributed by atoms with Gasteiger partial charge >= 0.3 is 0 Å². The summed E-state index contributed by atoms with van der Waals surface area (Å²) in [6, 6.07) is 3.77. The average Bonchev–Trinajstić information content (AvgIpc) is 3.00. The van der Waals surface area contributed by atoms with Crippen LogP contribution in [0.15, 0.2) is 12.1 Å². The highest BCUT2D eigenvalue weighted by Crippen LogP contribution is 2.34. The molecule has 2 heterocycles. The summed E-state index contributed by atoms with van der Waals surface area (Å²) in [7, 11) is 1.90. The van der Waals surface area contributed by atoms with Gasteiger partial charge in [-0.15, -0.1) is 35.1 Å². The van der Waals surface area contributed by atoms with Crippen molar-refractivity contribution in [3.05, 3.63) is 27.0 Å². The molecule has 0 atom stereocenters. The van der Waals surface area contributed by atoms with Gasteiger partial charge in [-0.25, -0.2) is 4.98 Å². The Bertz CT molecular complexity index is 598. The summed E-state index contributed by atoms with van der Waals surface area (Å²) in [4.78, 5) is 18.2. The monoisotopic (exact) mass is 365 g/mol. The number of hydrogen-bond acceptors (Lipinski definition) is 5. The molecule has 2 rings (SSSR count).